The number of aliphatic carboxylic acids is 1. The third-order valence-corrected chi connectivity index (χ3v) is 4.75. The first-order chi connectivity index (χ1) is 12.1. The van der Waals surface area contributed by atoms with Crippen molar-refractivity contribution in [3.63, 3.8) is 0 Å². The first-order valence-electron chi connectivity index (χ1n) is 8.82. The smallest absolute Gasteiger partial charge is 0.317 e. The summed E-state index contributed by atoms with van der Waals surface area (Å²) in [5, 5.41) is 8.87. The molecule has 2 aromatic rings. The first kappa shape index (κ1) is 17.6. The second-order valence-corrected chi connectivity index (χ2v) is 6.70. The van der Waals surface area contributed by atoms with E-state index in [2.05, 4.69) is 49.4 Å². The minimum Gasteiger partial charge on any atom is -0.480 e. The molecular formula is C21H25NO3. The fourth-order valence-electron chi connectivity index (χ4n) is 3.29. The van der Waals surface area contributed by atoms with Crippen LogP contribution in [0.25, 0.3) is 11.1 Å². The number of likely N-dealkylation sites (tertiary alicyclic amines) is 1. The third kappa shape index (κ3) is 4.91. The zero-order valence-corrected chi connectivity index (χ0v) is 14.6. The minimum atomic E-state index is -0.758. The van der Waals surface area contributed by atoms with Gasteiger partial charge in [0.1, 0.15) is 0 Å². The monoisotopic (exact) mass is 339 g/mol. The zero-order chi connectivity index (χ0) is 17.6. The number of aryl methyl sites for hydroxylation is 1. The van der Waals surface area contributed by atoms with E-state index in [4.69, 9.17) is 9.84 Å². The average molecular weight is 339 g/mol. The predicted molar refractivity (Wildman–Crippen MR) is 98.5 cm³/mol. The molecule has 1 heterocycles. The molecule has 0 unspecified atom stereocenters. The van der Waals surface area contributed by atoms with Crippen LogP contribution >= 0.6 is 0 Å². The summed E-state index contributed by atoms with van der Waals surface area (Å²) in [7, 11) is 0. The fourth-order valence-corrected chi connectivity index (χ4v) is 3.29. The molecule has 25 heavy (non-hydrogen) atoms. The van der Waals surface area contributed by atoms with Crippen molar-refractivity contribution in [1.29, 1.82) is 0 Å². The van der Waals surface area contributed by atoms with Crippen LogP contribution < -0.4 is 0 Å². The van der Waals surface area contributed by atoms with E-state index >= 15 is 0 Å². The van der Waals surface area contributed by atoms with Gasteiger partial charge < -0.3 is 9.84 Å². The van der Waals surface area contributed by atoms with Gasteiger partial charge in [0.25, 0.3) is 0 Å². The molecule has 1 fully saturated rings. The SMILES string of the molecule is Cc1ccc(-c2ccccc2COC2CCN(CC(=O)O)CC2)cc1. The summed E-state index contributed by atoms with van der Waals surface area (Å²) in [5.41, 5.74) is 4.87. The summed E-state index contributed by atoms with van der Waals surface area (Å²) in [4.78, 5) is 12.8. The van der Waals surface area contributed by atoms with Crippen LogP contribution in [0, 0.1) is 6.92 Å². The Balaban J connectivity index is 1.59. The summed E-state index contributed by atoms with van der Waals surface area (Å²) in [6.45, 7) is 4.39. The van der Waals surface area contributed by atoms with E-state index in [1.807, 2.05) is 11.0 Å². The lowest BCUT2D eigenvalue weighted by atomic mass is 9.99. The number of hydrogen-bond donors (Lipinski definition) is 1. The molecule has 1 aliphatic heterocycles. The summed E-state index contributed by atoms with van der Waals surface area (Å²) >= 11 is 0. The van der Waals surface area contributed by atoms with Gasteiger partial charge in [-0.25, -0.2) is 0 Å². The number of carboxylic acids is 1. The molecule has 1 saturated heterocycles. The van der Waals surface area contributed by atoms with Crippen molar-refractivity contribution in [1.82, 2.24) is 4.90 Å². The van der Waals surface area contributed by atoms with Gasteiger partial charge in [-0.2, -0.15) is 0 Å². The number of nitrogens with zero attached hydrogens (tertiary/aromatic N) is 1. The van der Waals surface area contributed by atoms with Gasteiger partial charge in [-0.1, -0.05) is 54.1 Å². The molecule has 132 valence electrons. The van der Waals surface area contributed by atoms with Crippen LogP contribution in [0.1, 0.15) is 24.0 Å². The summed E-state index contributed by atoms with van der Waals surface area (Å²) in [6, 6.07) is 16.9. The zero-order valence-electron chi connectivity index (χ0n) is 14.6. The quantitative estimate of drug-likeness (QED) is 0.871. The van der Waals surface area contributed by atoms with Crippen LogP contribution in [0.3, 0.4) is 0 Å². The molecule has 4 heteroatoms. The maximum atomic E-state index is 10.8. The fraction of sp³-hybridized carbons (Fsp3) is 0.381. The Labute approximate surface area is 149 Å². The summed E-state index contributed by atoms with van der Waals surface area (Å²) in [6.07, 6.45) is 1.98. The Hall–Kier alpha value is -2.17. The summed E-state index contributed by atoms with van der Waals surface area (Å²) in [5.74, 6) is -0.758. The highest BCUT2D eigenvalue weighted by atomic mass is 16.5. The second kappa shape index (κ2) is 8.28. The Morgan fingerprint density at radius 2 is 1.80 bits per heavy atom. The van der Waals surface area contributed by atoms with E-state index in [-0.39, 0.29) is 12.6 Å². The lowest BCUT2D eigenvalue weighted by molar-refractivity contribution is -0.139. The van der Waals surface area contributed by atoms with Gasteiger partial charge in [0.05, 0.1) is 19.3 Å². The molecule has 1 N–H and O–H groups in total. The topological polar surface area (TPSA) is 49.8 Å². The highest BCUT2D eigenvalue weighted by Gasteiger charge is 2.21. The molecule has 0 saturated carbocycles. The van der Waals surface area contributed by atoms with Gasteiger partial charge in [-0.15, -0.1) is 0 Å². The average Bonchev–Trinajstić information content (AvgIpc) is 2.62. The highest BCUT2D eigenvalue weighted by Crippen LogP contribution is 2.26. The summed E-state index contributed by atoms with van der Waals surface area (Å²) < 4.78 is 6.13. The van der Waals surface area contributed by atoms with Crippen molar-refractivity contribution >= 4 is 5.97 Å². The van der Waals surface area contributed by atoms with Gasteiger partial charge in [-0.05, 0) is 36.5 Å². The van der Waals surface area contributed by atoms with Gasteiger partial charge in [0, 0.05) is 13.1 Å². The standard InChI is InChI=1S/C21H25NO3/c1-16-6-8-17(9-7-16)20-5-3-2-4-18(20)15-25-19-10-12-22(13-11-19)14-21(23)24/h2-9,19H,10-15H2,1H3,(H,23,24). The minimum absolute atomic E-state index is 0.128. The largest absolute Gasteiger partial charge is 0.480 e. The number of hydrogen-bond acceptors (Lipinski definition) is 3. The van der Waals surface area contributed by atoms with Crippen LogP contribution in [0.15, 0.2) is 48.5 Å². The van der Waals surface area contributed by atoms with Gasteiger partial charge in [0.2, 0.25) is 0 Å². The van der Waals surface area contributed by atoms with Crippen LogP contribution in [0.5, 0.6) is 0 Å². The maximum absolute atomic E-state index is 10.8. The van der Waals surface area contributed by atoms with E-state index in [1.165, 1.54) is 22.3 Å². The third-order valence-electron chi connectivity index (χ3n) is 4.75. The maximum Gasteiger partial charge on any atom is 0.317 e. The van der Waals surface area contributed by atoms with Crippen molar-refractivity contribution < 1.29 is 14.6 Å². The van der Waals surface area contributed by atoms with Gasteiger partial charge in [-0.3, -0.25) is 9.69 Å². The number of benzene rings is 2. The number of carboxylic acid groups (broad SMARTS) is 1. The molecule has 2 aromatic carbocycles. The van der Waals surface area contributed by atoms with E-state index < -0.39 is 5.97 Å². The predicted octanol–water partition coefficient (Wildman–Crippen LogP) is 3.73. The van der Waals surface area contributed by atoms with E-state index in [9.17, 15) is 4.79 Å². The van der Waals surface area contributed by atoms with E-state index in [1.54, 1.807) is 0 Å². The normalized spacial score (nSPS) is 16.0. The molecule has 0 radical (unpaired) electrons. The van der Waals surface area contributed by atoms with Crippen molar-refractivity contribution in [3.8, 4) is 11.1 Å². The van der Waals surface area contributed by atoms with Crippen LogP contribution in [-0.2, 0) is 16.1 Å². The van der Waals surface area contributed by atoms with Crippen LogP contribution in [0.2, 0.25) is 0 Å². The van der Waals surface area contributed by atoms with Crippen molar-refractivity contribution in [3.05, 3.63) is 59.7 Å². The van der Waals surface area contributed by atoms with Crippen molar-refractivity contribution in [2.75, 3.05) is 19.6 Å². The molecule has 1 aliphatic rings. The molecule has 0 bridgehead atoms. The lowest BCUT2D eigenvalue weighted by Crippen LogP contribution is -2.39. The van der Waals surface area contributed by atoms with Crippen molar-refractivity contribution in [2.24, 2.45) is 0 Å². The van der Waals surface area contributed by atoms with Crippen LogP contribution in [0.4, 0.5) is 0 Å². The molecule has 4 nitrogen and oxygen atoms in total. The molecule has 3 rings (SSSR count). The Morgan fingerprint density at radius 1 is 1.12 bits per heavy atom. The van der Waals surface area contributed by atoms with Crippen molar-refractivity contribution in [2.45, 2.75) is 32.5 Å². The molecule has 0 amide bonds. The Bertz CT molecular complexity index is 703. The molecule has 0 aromatic heterocycles. The Morgan fingerprint density at radius 3 is 2.48 bits per heavy atom. The highest BCUT2D eigenvalue weighted by molar-refractivity contribution is 5.69. The number of piperidine rings is 1. The molecule has 0 spiro atoms. The second-order valence-electron chi connectivity index (χ2n) is 6.70. The van der Waals surface area contributed by atoms with Gasteiger partial charge >= 0.3 is 5.97 Å². The lowest BCUT2D eigenvalue weighted by Gasteiger charge is -2.30. The molecule has 0 atom stereocenters. The van der Waals surface area contributed by atoms with Gasteiger partial charge in [0.15, 0.2) is 0 Å². The molecular weight excluding hydrogens is 314 g/mol. The number of carbonyl (C=O) groups is 1. The number of rotatable bonds is 6. The van der Waals surface area contributed by atoms with E-state index in [0.29, 0.717) is 6.61 Å². The van der Waals surface area contributed by atoms with E-state index in [0.717, 1.165) is 25.9 Å². The van der Waals surface area contributed by atoms with Crippen LogP contribution in [-0.4, -0.2) is 41.7 Å². The Kier molecular flexibility index (Phi) is 5.84. The first-order valence-corrected chi connectivity index (χ1v) is 8.82. The number of ether oxygens (including phenoxy) is 1. The molecule has 0 aliphatic carbocycles.